The normalized spacial score (nSPS) is 14.4. The van der Waals surface area contributed by atoms with Crippen LogP contribution in [0.15, 0.2) is 77.7 Å². The van der Waals surface area contributed by atoms with E-state index in [1.807, 2.05) is 6.92 Å². The highest BCUT2D eigenvalue weighted by atomic mass is 35.5. The summed E-state index contributed by atoms with van der Waals surface area (Å²) in [7, 11) is -3.91. The SMILES string of the molecule is Cc1ccc(S(=O)(=O)N(CC(=O)N2CCN(c3ccc(F)cc3)CC2)Cc2ccc(Cl)cc2)cc1. The molecule has 6 nitrogen and oxygen atoms in total. The van der Waals surface area contributed by atoms with Gasteiger partial charge in [-0.25, -0.2) is 12.8 Å². The molecule has 35 heavy (non-hydrogen) atoms. The number of sulfonamides is 1. The van der Waals surface area contributed by atoms with Gasteiger partial charge in [-0.1, -0.05) is 41.4 Å². The van der Waals surface area contributed by atoms with E-state index < -0.39 is 10.0 Å². The third-order valence-electron chi connectivity index (χ3n) is 6.07. The Morgan fingerprint density at radius 1 is 0.914 bits per heavy atom. The zero-order chi connectivity index (χ0) is 25.0. The van der Waals surface area contributed by atoms with Gasteiger partial charge in [0.25, 0.3) is 0 Å². The number of piperazine rings is 1. The van der Waals surface area contributed by atoms with Crippen LogP contribution in [-0.4, -0.2) is 56.3 Å². The third kappa shape index (κ3) is 6.20. The second-order valence-electron chi connectivity index (χ2n) is 8.56. The lowest BCUT2D eigenvalue weighted by Gasteiger charge is -2.37. The molecule has 1 amide bonds. The van der Waals surface area contributed by atoms with Crippen molar-refractivity contribution in [2.45, 2.75) is 18.4 Å². The van der Waals surface area contributed by atoms with Crippen molar-refractivity contribution in [2.75, 3.05) is 37.6 Å². The van der Waals surface area contributed by atoms with E-state index in [0.29, 0.717) is 31.2 Å². The number of carbonyl (C=O) groups excluding carboxylic acids is 1. The smallest absolute Gasteiger partial charge is 0.243 e. The lowest BCUT2D eigenvalue weighted by molar-refractivity contribution is -0.131. The molecule has 184 valence electrons. The first-order valence-corrected chi connectivity index (χ1v) is 13.1. The highest BCUT2D eigenvalue weighted by Gasteiger charge is 2.30. The molecular weight excluding hydrogens is 489 g/mol. The zero-order valence-electron chi connectivity index (χ0n) is 19.4. The largest absolute Gasteiger partial charge is 0.368 e. The van der Waals surface area contributed by atoms with Crippen LogP contribution in [0.1, 0.15) is 11.1 Å². The van der Waals surface area contributed by atoms with Crippen LogP contribution < -0.4 is 4.90 Å². The first kappa shape index (κ1) is 25.2. The number of amides is 1. The minimum Gasteiger partial charge on any atom is -0.368 e. The Morgan fingerprint density at radius 3 is 2.11 bits per heavy atom. The summed E-state index contributed by atoms with van der Waals surface area (Å²) in [6.07, 6.45) is 0. The number of aryl methyl sites for hydroxylation is 1. The van der Waals surface area contributed by atoms with E-state index in [0.717, 1.165) is 16.8 Å². The maximum atomic E-state index is 13.5. The Labute approximate surface area is 210 Å². The standard InChI is InChI=1S/C26H27ClFN3O3S/c1-20-2-12-25(13-3-20)35(33,34)31(18-21-4-6-22(27)7-5-21)19-26(32)30-16-14-29(15-17-30)24-10-8-23(28)9-11-24/h2-13H,14-19H2,1H3. The molecule has 0 unspecified atom stereocenters. The van der Waals surface area contributed by atoms with Crippen LogP contribution in [0.5, 0.6) is 0 Å². The van der Waals surface area contributed by atoms with Crippen LogP contribution in [-0.2, 0) is 21.4 Å². The summed E-state index contributed by atoms with van der Waals surface area (Å²) in [5, 5.41) is 0.553. The van der Waals surface area contributed by atoms with E-state index in [4.69, 9.17) is 11.6 Å². The molecule has 1 fully saturated rings. The van der Waals surface area contributed by atoms with Crippen molar-refractivity contribution in [3.05, 3.63) is 94.8 Å². The summed E-state index contributed by atoms with van der Waals surface area (Å²) in [4.78, 5) is 17.1. The van der Waals surface area contributed by atoms with Crippen molar-refractivity contribution in [3.63, 3.8) is 0 Å². The van der Waals surface area contributed by atoms with Crippen LogP contribution >= 0.6 is 11.6 Å². The van der Waals surface area contributed by atoms with E-state index in [1.54, 1.807) is 65.6 Å². The van der Waals surface area contributed by atoms with Gasteiger partial charge in [0.2, 0.25) is 15.9 Å². The van der Waals surface area contributed by atoms with Gasteiger partial charge in [0.05, 0.1) is 11.4 Å². The molecule has 1 saturated heterocycles. The average Bonchev–Trinajstić information content (AvgIpc) is 2.86. The van der Waals surface area contributed by atoms with Crippen LogP contribution in [0.2, 0.25) is 5.02 Å². The van der Waals surface area contributed by atoms with Gasteiger partial charge in [-0.3, -0.25) is 4.79 Å². The average molecular weight is 516 g/mol. The molecule has 0 aliphatic carbocycles. The molecule has 0 spiro atoms. The lowest BCUT2D eigenvalue weighted by Crippen LogP contribution is -2.51. The van der Waals surface area contributed by atoms with Gasteiger partial charge in [0.1, 0.15) is 5.82 Å². The fraction of sp³-hybridized carbons (Fsp3) is 0.269. The molecule has 1 aliphatic rings. The highest BCUT2D eigenvalue weighted by Crippen LogP contribution is 2.21. The molecule has 1 heterocycles. The molecule has 0 N–H and O–H groups in total. The number of carbonyl (C=O) groups is 1. The minimum atomic E-state index is -3.91. The number of nitrogens with zero attached hydrogens (tertiary/aromatic N) is 3. The van der Waals surface area contributed by atoms with E-state index in [-0.39, 0.29) is 29.7 Å². The third-order valence-corrected chi connectivity index (χ3v) is 8.12. The van der Waals surface area contributed by atoms with Crippen molar-refractivity contribution in [1.82, 2.24) is 9.21 Å². The second-order valence-corrected chi connectivity index (χ2v) is 10.9. The topological polar surface area (TPSA) is 60.9 Å². The summed E-state index contributed by atoms with van der Waals surface area (Å²) >= 11 is 5.98. The number of hydrogen-bond acceptors (Lipinski definition) is 4. The second kappa shape index (κ2) is 10.8. The molecule has 0 bridgehead atoms. The Bertz CT molecular complexity index is 1260. The van der Waals surface area contributed by atoms with Crippen molar-refractivity contribution in [2.24, 2.45) is 0 Å². The Balaban J connectivity index is 1.49. The fourth-order valence-electron chi connectivity index (χ4n) is 4.00. The number of anilines is 1. The van der Waals surface area contributed by atoms with E-state index >= 15 is 0 Å². The van der Waals surface area contributed by atoms with E-state index in [9.17, 15) is 17.6 Å². The van der Waals surface area contributed by atoms with Crippen LogP contribution in [0.25, 0.3) is 0 Å². The fourth-order valence-corrected chi connectivity index (χ4v) is 5.50. The Kier molecular flexibility index (Phi) is 7.74. The molecule has 0 radical (unpaired) electrons. The van der Waals surface area contributed by atoms with Gasteiger partial charge < -0.3 is 9.80 Å². The monoisotopic (exact) mass is 515 g/mol. The van der Waals surface area contributed by atoms with Gasteiger partial charge in [-0.15, -0.1) is 0 Å². The Hall–Kier alpha value is -2.94. The molecule has 0 atom stereocenters. The summed E-state index contributed by atoms with van der Waals surface area (Å²) in [5.41, 5.74) is 2.58. The maximum Gasteiger partial charge on any atom is 0.243 e. The summed E-state index contributed by atoms with van der Waals surface area (Å²) in [6, 6.07) is 19.8. The molecular formula is C26H27ClFN3O3S. The summed E-state index contributed by atoms with van der Waals surface area (Å²) < 4.78 is 41.4. The highest BCUT2D eigenvalue weighted by molar-refractivity contribution is 7.89. The zero-order valence-corrected chi connectivity index (χ0v) is 21.0. The predicted octanol–water partition coefficient (Wildman–Crippen LogP) is 4.33. The van der Waals surface area contributed by atoms with Crippen molar-refractivity contribution >= 4 is 33.2 Å². The Morgan fingerprint density at radius 2 is 1.51 bits per heavy atom. The number of rotatable bonds is 7. The number of benzene rings is 3. The maximum absolute atomic E-state index is 13.5. The van der Waals surface area contributed by atoms with Crippen molar-refractivity contribution in [3.8, 4) is 0 Å². The van der Waals surface area contributed by atoms with Crippen LogP contribution in [0, 0.1) is 12.7 Å². The molecule has 1 aliphatic heterocycles. The van der Waals surface area contributed by atoms with E-state index in [1.165, 1.54) is 16.4 Å². The quantitative estimate of drug-likeness (QED) is 0.470. The van der Waals surface area contributed by atoms with Crippen molar-refractivity contribution in [1.29, 1.82) is 0 Å². The molecule has 9 heteroatoms. The molecule has 3 aromatic rings. The minimum absolute atomic E-state index is 0.0503. The van der Waals surface area contributed by atoms with Gasteiger partial charge in [-0.05, 0) is 61.0 Å². The van der Waals surface area contributed by atoms with Crippen molar-refractivity contribution < 1.29 is 17.6 Å². The van der Waals surface area contributed by atoms with Crippen LogP contribution in [0.4, 0.5) is 10.1 Å². The summed E-state index contributed by atoms with van der Waals surface area (Å²) in [5.74, 6) is -0.550. The molecule has 0 saturated carbocycles. The van der Waals surface area contributed by atoms with Crippen LogP contribution in [0.3, 0.4) is 0 Å². The lowest BCUT2D eigenvalue weighted by atomic mass is 10.2. The predicted molar refractivity (Wildman–Crippen MR) is 135 cm³/mol. The molecule has 0 aromatic heterocycles. The first-order chi connectivity index (χ1) is 16.7. The first-order valence-electron chi connectivity index (χ1n) is 11.3. The molecule has 4 rings (SSSR count). The number of halogens is 2. The van der Waals surface area contributed by atoms with Gasteiger partial charge in [-0.2, -0.15) is 4.31 Å². The van der Waals surface area contributed by atoms with Gasteiger partial charge in [0.15, 0.2) is 0 Å². The summed E-state index contributed by atoms with van der Waals surface area (Å²) in [6.45, 7) is 3.74. The van der Waals surface area contributed by atoms with Gasteiger partial charge >= 0.3 is 0 Å². The van der Waals surface area contributed by atoms with E-state index in [2.05, 4.69) is 4.90 Å². The molecule has 3 aromatic carbocycles. The number of hydrogen-bond donors (Lipinski definition) is 0. The van der Waals surface area contributed by atoms with Gasteiger partial charge in [0, 0.05) is 43.4 Å².